The summed E-state index contributed by atoms with van der Waals surface area (Å²) in [5, 5.41) is 2.72. The number of nitrogens with zero attached hydrogens (tertiary/aromatic N) is 1. The molecular formula is C16H26N2O3. The van der Waals surface area contributed by atoms with Gasteiger partial charge in [0.2, 0.25) is 0 Å². The van der Waals surface area contributed by atoms with Gasteiger partial charge in [-0.2, -0.15) is 0 Å². The zero-order valence-electron chi connectivity index (χ0n) is 13.6. The van der Waals surface area contributed by atoms with Crippen LogP contribution >= 0.6 is 0 Å². The maximum Gasteiger partial charge on any atom is 0.412 e. The van der Waals surface area contributed by atoms with Crippen LogP contribution in [0.25, 0.3) is 0 Å². The number of carbonyl (C=O) groups excluding carboxylic acids is 1. The molecule has 0 heterocycles. The zero-order valence-corrected chi connectivity index (χ0v) is 13.6. The van der Waals surface area contributed by atoms with Crippen molar-refractivity contribution in [2.45, 2.75) is 32.8 Å². The first kappa shape index (κ1) is 17.3. The highest BCUT2D eigenvalue weighted by Crippen LogP contribution is 2.24. The molecule has 0 saturated carbocycles. The van der Waals surface area contributed by atoms with Crippen LogP contribution in [-0.4, -0.2) is 43.8 Å². The molecule has 0 fully saturated rings. The van der Waals surface area contributed by atoms with E-state index in [0.29, 0.717) is 18.0 Å². The molecule has 118 valence electrons. The van der Waals surface area contributed by atoms with Gasteiger partial charge in [-0.3, -0.25) is 5.32 Å². The summed E-state index contributed by atoms with van der Waals surface area (Å²) in [6.45, 7) is 7.05. The maximum atomic E-state index is 11.8. The fourth-order valence-corrected chi connectivity index (χ4v) is 1.67. The number of nitrogens with one attached hydrogen (secondary N) is 1. The lowest BCUT2D eigenvalue weighted by molar-refractivity contribution is 0.0635. The minimum Gasteiger partial charge on any atom is -0.491 e. The highest BCUT2D eigenvalue weighted by molar-refractivity contribution is 5.86. The van der Waals surface area contributed by atoms with E-state index >= 15 is 0 Å². The molecule has 0 aliphatic heterocycles. The molecule has 0 saturated heterocycles. The van der Waals surface area contributed by atoms with Gasteiger partial charge in [0.15, 0.2) is 0 Å². The second kappa shape index (κ2) is 7.88. The molecule has 1 N–H and O–H groups in total. The maximum absolute atomic E-state index is 11.8. The lowest BCUT2D eigenvalue weighted by atomic mass is 10.2. The fraction of sp³-hybridized carbons (Fsp3) is 0.562. The number of rotatable bonds is 6. The molecule has 1 rings (SSSR count). The first-order valence-electron chi connectivity index (χ1n) is 7.14. The van der Waals surface area contributed by atoms with E-state index < -0.39 is 11.7 Å². The Morgan fingerprint density at radius 3 is 2.52 bits per heavy atom. The predicted octanol–water partition coefficient (Wildman–Crippen LogP) is 3.36. The van der Waals surface area contributed by atoms with Crippen LogP contribution in [-0.2, 0) is 4.74 Å². The topological polar surface area (TPSA) is 50.8 Å². The molecule has 0 aliphatic rings. The molecule has 1 aromatic carbocycles. The third kappa shape index (κ3) is 7.56. The van der Waals surface area contributed by atoms with Crippen molar-refractivity contribution in [2.24, 2.45) is 0 Å². The Balaban J connectivity index is 2.56. The van der Waals surface area contributed by atoms with Gasteiger partial charge in [0.1, 0.15) is 11.4 Å². The van der Waals surface area contributed by atoms with E-state index in [1.54, 1.807) is 6.07 Å². The molecule has 0 aliphatic carbocycles. The minimum atomic E-state index is -0.522. The molecule has 1 amide bonds. The van der Waals surface area contributed by atoms with Crippen molar-refractivity contribution in [1.29, 1.82) is 0 Å². The lowest BCUT2D eigenvalue weighted by Crippen LogP contribution is -2.27. The number of benzene rings is 1. The van der Waals surface area contributed by atoms with Crippen LogP contribution in [0.4, 0.5) is 10.5 Å². The van der Waals surface area contributed by atoms with Crippen molar-refractivity contribution < 1.29 is 14.3 Å². The van der Waals surface area contributed by atoms with E-state index in [4.69, 9.17) is 9.47 Å². The number of para-hydroxylation sites is 2. The Labute approximate surface area is 127 Å². The normalized spacial score (nSPS) is 11.3. The fourth-order valence-electron chi connectivity index (χ4n) is 1.67. The monoisotopic (exact) mass is 294 g/mol. The Bertz CT molecular complexity index is 453. The van der Waals surface area contributed by atoms with E-state index in [0.717, 1.165) is 13.0 Å². The number of carbonyl (C=O) groups is 1. The van der Waals surface area contributed by atoms with Crippen molar-refractivity contribution >= 4 is 11.8 Å². The van der Waals surface area contributed by atoms with E-state index in [1.165, 1.54) is 0 Å². The first-order valence-corrected chi connectivity index (χ1v) is 7.14. The SMILES string of the molecule is CN(C)CCCOc1ccccc1NC(=O)OC(C)(C)C. The van der Waals surface area contributed by atoms with Crippen molar-refractivity contribution in [3.05, 3.63) is 24.3 Å². The van der Waals surface area contributed by atoms with Crippen LogP contribution in [0.15, 0.2) is 24.3 Å². The highest BCUT2D eigenvalue weighted by atomic mass is 16.6. The summed E-state index contributed by atoms with van der Waals surface area (Å²) in [5.74, 6) is 0.655. The standard InChI is InChI=1S/C16H26N2O3/c1-16(2,3)21-15(19)17-13-9-6-7-10-14(13)20-12-8-11-18(4)5/h6-7,9-10H,8,11-12H2,1-5H3,(H,17,19). The van der Waals surface area contributed by atoms with Crippen molar-refractivity contribution in [3.8, 4) is 5.75 Å². The number of hydrogen-bond donors (Lipinski definition) is 1. The largest absolute Gasteiger partial charge is 0.491 e. The molecular weight excluding hydrogens is 268 g/mol. The lowest BCUT2D eigenvalue weighted by Gasteiger charge is -2.20. The first-order chi connectivity index (χ1) is 9.78. The van der Waals surface area contributed by atoms with E-state index in [9.17, 15) is 4.79 Å². The van der Waals surface area contributed by atoms with E-state index in [2.05, 4.69) is 10.2 Å². The molecule has 1 aromatic rings. The van der Waals surface area contributed by atoms with Crippen LogP contribution < -0.4 is 10.1 Å². The summed E-state index contributed by atoms with van der Waals surface area (Å²) >= 11 is 0. The Morgan fingerprint density at radius 1 is 1.24 bits per heavy atom. The zero-order chi connectivity index (χ0) is 15.9. The van der Waals surface area contributed by atoms with Gasteiger partial charge < -0.3 is 14.4 Å². The Morgan fingerprint density at radius 2 is 1.90 bits per heavy atom. The van der Waals surface area contributed by atoms with Gasteiger partial charge in [0.25, 0.3) is 0 Å². The van der Waals surface area contributed by atoms with Crippen molar-refractivity contribution in [1.82, 2.24) is 4.90 Å². The molecule has 0 atom stereocenters. The number of anilines is 1. The number of ether oxygens (including phenoxy) is 2. The quantitative estimate of drug-likeness (QED) is 0.817. The number of amides is 1. The van der Waals surface area contributed by atoms with Crippen LogP contribution in [0.5, 0.6) is 5.75 Å². The summed E-state index contributed by atoms with van der Waals surface area (Å²) in [7, 11) is 4.05. The molecule has 21 heavy (non-hydrogen) atoms. The molecule has 0 bridgehead atoms. The van der Waals surface area contributed by atoms with Gasteiger partial charge in [-0.15, -0.1) is 0 Å². The van der Waals surface area contributed by atoms with Crippen LogP contribution in [0.1, 0.15) is 27.2 Å². The average molecular weight is 294 g/mol. The van der Waals surface area contributed by atoms with Gasteiger partial charge in [0, 0.05) is 6.54 Å². The predicted molar refractivity (Wildman–Crippen MR) is 85.0 cm³/mol. The summed E-state index contributed by atoms with van der Waals surface area (Å²) in [6.07, 6.45) is 0.445. The van der Waals surface area contributed by atoms with Gasteiger partial charge in [-0.05, 0) is 53.4 Å². The average Bonchev–Trinajstić information content (AvgIpc) is 2.33. The smallest absolute Gasteiger partial charge is 0.412 e. The second-order valence-electron chi connectivity index (χ2n) is 6.13. The van der Waals surface area contributed by atoms with Crippen molar-refractivity contribution in [3.63, 3.8) is 0 Å². The second-order valence-corrected chi connectivity index (χ2v) is 6.13. The molecule has 5 heteroatoms. The van der Waals surface area contributed by atoms with Crippen LogP contribution in [0, 0.1) is 0 Å². The molecule has 0 unspecified atom stereocenters. The molecule has 5 nitrogen and oxygen atoms in total. The van der Waals surface area contributed by atoms with Gasteiger partial charge in [-0.25, -0.2) is 4.79 Å². The van der Waals surface area contributed by atoms with Crippen molar-refractivity contribution in [2.75, 3.05) is 32.6 Å². The minimum absolute atomic E-state index is 0.480. The van der Waals surface area contributed by atoms with Crippen LogP contribution in [0.2, 0.25) is 0 Å². The summed E-state index contributed by atoms with van der Waals surface area (Å²) in [6, 6.07) is 7.36. The molecule has 0 radical (unpaired) electrons. The Kier molecular flexibility index (Phi) is 6.49. The van der Waals surface area contributed by atoms with Gasteiger partial charge in [0.05, 0.1) is 12.3 Å². The van der Waals surface area contributed by atoms with E-state index in [1.807, 2.05) is 53.1 Å². The third-order valence-electron chi connectivity index (χ3n) is 2.53. The van der Waals surface area contributed by atoms with Gasteiger partial charge in [-0.1, -0.05) is 12.1 Å². The highest BCUT2D eigenvalue weighted by Gasteiger charge is 2.17. The Hall–Kier alpha value is -1.75. The number of hydrogen-bond acceptors (Lipinski definition) is 4. The van der Waals surface area contributed by atoms with Crippen LogP contribution in [0.3, 0.4) is 0 Å². The van der Waals surface area contributed by atoms with E-state index in [-0.39, 0.29) is 0 Å². The summed E-state index contributed by atoms with van der Waals surface area (Å²) in [5.41, 5.74) is 0.0996. The summed E-state index contributed by atoms with van der Waals surface area (Å²) < 4.78 is 11.0. The molecule has 0 aromatic heterocycles. The third-order valence-corrected chi connectivity index (χ3v) is 2.53. The molecule has 0 spiro atoms. The van der Waals surface area contributed by atoms with Gasteiger partial charge >= 0.3 is 6.09 Å². The summed E-state index contributed by atoms with van der Waals surface area (Å²) in [4.78, 5) is 13.9.